The Bertz CT molecular complexity index is 836. The monoisotopic (exact) mass is 432 g/mol. The number of thiazole rings is 1. The summed E-state index contributed by atoms with van der Waals surface area (Å²) < 4.78 is 11.3. The van der Waals surface area contributed by atoms with Gasteiger partial charge >= 0.3 is 0 Å². The number of unbranched alkanes of at least 4 members (excludes halogenated alkanes) is 6. The average Bonchev–Trinajstić information content (AvgIpc) is 3.08. The minimum atomic E-state index is -0.334. The highest BCUT2D eigenvalue weighted by molar-refractivity contribution is 7.17. The molecule has 2 aromatic rings. The van der Waals surface area contributed by atoms with E-state index in [9.17, 15) is 4.79 Å². The van der Waals surface area contributed by atoms with Crippen molar-refractivity contribution in [2.75, 3.05) is 19.5 Å². The zero-order chi connectivity index (χ0) is 21.8. The van der Waals surface area contributed by atoms with E-state index in [0.29, 0.717) is 33.8 Å². The van der Waals surface area contributed by atoms with Crippen LogP contribution in [0.4, 0.5) is 5.13 Å². The summed E-state index contributed by atoms with van der Waals surface area (Å²) in [5, 5.41) is 4.37. The van der Waals surface area contributed by atoms with Gasteiger partial charge in [-0.1, -0.05) is 56.8 Å². The van der Waals surface area contributed by atoms with Crippen molar-refractivity contribution in [1.29, 1.82) is 0 Å². The largest absolute Gasteiger partial charge is 0.493 e. The van der Waals surface area contributed by atoms with Crippen molar-refractivity contribution in [1.82, 2.24) is 10.4 Å². The molecule has 0 unspecified atom stereocenters. The van der Waals surface area contributed by atoms with Crippen LogP contribution in [0.15, 0.2) is 23.3 Å². The van der Waals surface area contributed by atoms with Gasteiger partial charge in [-0.15, -0.1) is 0 Å². The number of hydrogen-bond acceptors (Lipinski definition) is 7. The number of nitrogens with zero attached hydrogens (tertiary/aromatic N) is 2. The number of hydrogen-bond donors (Lipinski definition) is 2. The third kappa shape index (κ3) is 7.67. The van der Waals surface area contributed by atoms with Crippen molar-refractivity contribution >= 4 is 28.6 Å². The predicted molar refractivity (Wildman–Crippen MR) is 123 cm³/mol. The number of ether oxygens (including phenoxy) is 2. The third-order valence-electron chi connectivity index (χ3n) is 4.59. The van der Waals surface area contributed by atoms with Crippen LogP contribution in [0.3, 0.4) is 0 Å². The second-order valence-electron chi connectivity index (χ2n) is 7.05. The van der Waals surface area contributed by atoms with Gasteiger partial charge in [0.05, 0.1) is 25.6 Å². The van der Waals surface area contributed by atoms with Crippen LogP contribution in [0, 0.1) is 6.92 Å². The number of anilines is 1. The van der Waals surface area contributed by atoms with Crippen LogP contribution in [0.25, 0.3) is 0 Å². The summed E-state index contributed by atoms with van der Waals surface area (Å²) in [4.78, 5) is 16.6. The van der Waals surface area contributed by atoms with Crippen LogP contribution in [0.2, 0.25) is 0 Å². The van der Waals surface area contributed by atoms with Gasteiger partial charge in [0.25, 0.3) is 5.91 Å². The van der Waals surface area contributed by atoms with Gasteiger partial charge in [0.15, 0.2) is 16.6 Å². The van der Waals surface area contributed by atoms with Gasteiger partial charge in [-0.05, 0) is 37.1 Å². The van der Waals surface area contributed by atoms with Crippen molar-refractivity contribution in [3.05, 3.63) is 34.3 Å². The number of amides is 1. The summed E-state index contributed by atoms with van der Waals surface area (Å²) >= 11 is 1.14. The summed E-state index contributed by atoms with van der Waals surface area (Å²) in [6, 6.07) is 5.55. The van der Waals surface area contributed by atoms with Crippen LogP contribution in [0.5, 0.6) is 11.5 Å². The van der Waals surface area contributed by atoms with E-state index in [1.54, 1.807) is 20.2 Å². The second kappa shape index (κ2) is 12.8. The van der Waals surface area contributed by atoms with E-state index in [1.165, 1.54) is 38.5 Å². The van der Waals surface area contributed by atoms with E-state index in [0.717, 1.165) is 23.3 Å². The molecule has 3 N–H and O–H groups in total. The highest BCUT2D eigenvalue weighted by atomic mass is 32.1. The van der Waals surface area contributed by atoms with Crippen LogP contribution >= 0.6 is 11.3 Å². The molecule has 0 aliphatic carbocycles. The maximum absolute atomic E-state index is 12.1. The Kier molecular flexibility index (Phi) is 10.1. The number of aryl methyl sites for hydroxylation is 1. The van der Waals surface area contributed by atoms with Gasteiger partial charge < -0.3 is 15.2 Å². The molecule has 0 radical (unpaired) electrons. The first kappa shape index (κ1) is 23.7. The topological polar surface area (TPSA) is 98.8 Å². The number of nitrogens with two attached hydrogens (primary N) is 1. The first-order valence-electron chi connectivity index (χ1n) is 10.4. The van der Waals surface area contributed by atoms with Crippen LogP contribution < -0.4 is 20.6 Å². The number of hydrazone groups is 1. The van der Waals surface area contributed by atoms with Gasteiger partial charge in [0.1, 0.15) is 4.88 Å². The molecule has 0 aliphatic rings. The molecule has 30 heavy (non-hydrogen) atoms. The van der Waals surface area contributed by atoms with E-state index in [-0.39, 0.29) is 5.91 Å². The molecule has 0 saturated heterocycles. The zero-order valence-corrected chi connectivity index (χ0v) is 18.9. The van der Waals surface area contributed by atoms with Crippen LogP contribution in [-0.4, -0.2) is 30.8 Å². The van der Waals surface area contributed by atoms with E-state index in [4.69, 9.17) is 15.2 Å². The Morgan fingerprint density at radius 3 is 2.60 bits per heavy atom. The van der Waals surface area contributed by atoms with Gasteiger partial charge in [-0.3, -0.25) is 4.79 Å². The number of nitrogen functional groups attached to an aromatic ring is 1. The quantitative estimate of drug-likeness (QED) is 0.265. The molecule has 0 spiro atoms. The molecular formula is C22H32N4O3S. The molecule has 0 saturated carbocycles. The van der Waals surface area contributed by atoms with Crippen molar-refractivity contribution in [3.8, 4) is 11.5 Å². The molecule has 1 aromatic carbocycles. The number of benzene rings is 1. The number of aromatic nitrogens is 1. The maximum atomic E-state index is 12.1. The van der Waals surface area contributed by atoms with Gasteiger partial charge in [-0.2, -0.15) is 5.10 Å². The van der Waals surface area contributed by atoms with E-state index >= 15 is 0 Å². The molecule has 1 amide bonds. The van der Waals surface area contributed by atoms with Crippen molar-refractivity contribution < 1.29 is 14.3 Å². The number of carbonyl (C=O) groups excluding carboxylic acids is 1. The lowest BCUT2D eigenvalue weighted by Crippen LogP contribution is -2.17. The molecule has 8 heteroatoms. The molecule has 0 atom stereocenters. The molecule has 7 nitrogen and oxygen atoms in total. The fraction of sp³-hybridized carbons (Fsp3) is 0.500. The molecule has 2 rings (SSSR count). The number of methoxy groups -OCH3 is 1. The number of nitrogens with one attached hydrogen (secondary N) is 1. The average molecular weight is 433 g/mol. The number of carbonyl (C=O) groups is 1. The van der Waals surface area contributed by atoms with E-state index < -0.39 is 0 Å². The summed E-state index contributed by atoms with van der Waals surface area (Å²) in [7, 11) is 1.61. The van der Waals surface area contributed by atoms with Crippen LogP contribution in [0.1, 0.15) is 72.8 Å². The Morgan fingerprint density at radius 2 is 1.93 bits per heavy atom. The Morgan fingerprint density at radius 1 is 1.20 bits per heavy atom. The van der Waals surface area contributed by atoms with Gasteiger partial charge in [-0.25, -0.2) is 10.4 Å². The Labute approximate surface area is 182 Å². The Hall–Kier alpha value is -2.61. The van der Waals surface area contributed by atoms with E-state index in [1.807, 2.05) is 18.2 Å². The first-order valence-corrected chi connectivity index (χ1v) is 11.2. The zero-order valence-electron chi connectivity index (χ0n) is 18.1. The maximum Gasteiger partial charge on any atom is 0.283 e. The summed E-state index contributed by atoms with van der Waals surface area (Å²) in [6.45, 7) is 4.64. The molecule has 164 valence electrons. The van der Waals surface area contributed by atoms with Crippen molar-refractivity contribution in [2.24, 2.45) is 5.10 Å². The lowest BCUT2D eigenvalue weighted by Gasteiger charge is -2.11. The normalized spacial score (nSPS) is 11.0. The lowest BCUT2D eigenvalue weighted by atomic mass is 10.1. The lowest BCUT2D eigenvalue weighted by molar-refractivity contribution is 0.0958. The predicted octanol–water partition coefficient (Wildman–Crippen LogP) is 4.94. The van der Waals surface area contributed by atoms with Gasteiger partial charge in [0, 0.05) is 0 Å². The molecule has 0 bridgehead atoms. The molecule has 0 aliphatic heterocycles. The standard InChI is InChI=1S/C22H32N4O3S/c1-4-5-6-7-8-9-10-13-29-18-12-11-17(14-19(18)28-3)15-24-26-21(27)20-16(2)25-22(23)30-20/h11-12,14-15H,4-10,13H2,1-3H3,(H2,23,25)(H,26,27)/b24-15-. The van der Waals surface area contributed by atoms with Gasteiger partial charge in [0.2, 0.25) is 0 Å². The van der Waals surface area contributed by atoms with Crippen molar-refractivity contribution in [3.63, 3.8) is 0 Å². The summed E-state index contributed by atoms with van der Waals surface area (Å²) in [6.07, 6.45) is 10.3. The van der Waals surface area contributed by atoms with Crippen molar-refractivity contribution in [2.45, 2.75) is 58.8 Å². The molecule has 0 fully saturated rings. The summed E-state index contributed by atoms with van der Waals surface area (Å²) in [5.41, 5.74) is 9.50. The SMILES string of the molecule is CCCCCCCCCOc1ccc(/C=N\NC(=O)c2sc(N)nc2C)cc1OC. The second-order valence-corrected chi connectivity index (χ2v) is 8.08. The van der Waals surface area contributed by atoms with Crippen LogP contribution in [-0.2, 0) is 0 Å². The fourth-order valence-electron chi connectivity index (χ4n) is 2.97. The fourth-order valence-corrected chi connectivity index (χ4v) is 3.69. The Balaban J connectivity index is 1.81. The third-order valence-corrected chi connectivity index (χ3v) is 5.58. The highest BCUT2D eigenvalue weighted by Gasteiger charge is 2.13. The number of rotatable bonds is 13. The molecule has 1 aromatic heterocycles. The molecular weight excluding hydrogens is 400 g/mol. The summed E-state index contributed by atoms with van der Waals surface area (Å²) in [5.74, 6) is 1.01. The smallest absolute Gasteiger partial charge is 0.283 e. The van der Waals surface area contributed by atoms with E-state index in [2.05, 4.69) is 22.4 Å². The molecule has 1 heterocycles. The minimum absolute atomic E-state index is 0.334. The first-order chi connectivity index (χ1) is 14.5. The highest BCUT2D eigenvalue weighted by Crippen LogP contribution is 2.28. The minimum Gasteiger partial charge on any atom is -0.493 e.